The molecule has 0 saturated carbocycles. The first-order valence-corrected chi connectivity index (χ1v) is 11.6. The number of phenols is 1. The Labute approximate surface area is 206 Å². The molecule has 0 aliphatic heterocycles. The molecule has 0 radical (unpaired) electrons. The van der Waals surface area contributed by atoms with E-state index < -0.39 is 5.91 Å². The summed E-state index contributed by atoms with van der Waals surface area (Å²) in [7, 11) is 0. The van der Waals surface area contributed by atoms with Crippen LogP contribution in [0.15, 0.2) is 70.2 Å². The molecule has 8 heteroatoms. The topological polar surface area (TPSA) is 83.0 Å². The van der Waals surface area contributed by atoms with Gasteiger partial charge in [-0.15, -0.1) is 0 Å². The van der Waals surface area contributed by atoms with Crippen LogP contribution in [-0.4, -0.2) is 36.9 Å². The highest BCUT2D eigenvalue weighted by molar-refractivity contribution is 9.10. The summed E-state index contributed by atoms with van der Waals surface area (Å²) in [6.07, 6.45) is 2.50. The van der Waals surface area contributed by atoms with Crippen molar-refractivity contribution < 1.29 is 14.6 Å². The van der Waals surface area contributed by atoms with Gasteiger partial charge in [0.05, 0.1) is 11.2 Å². The van der Waals surface area contributed by atoms with Crippen LogP contribution < -0.4 is 15.5 Å². The van der Waals surface area contributed by atoms with E-state index in [1.807, 2.05) is 37.3 Å². The SMILES string of the molecule is Cc1ccc(/C=N/NC(=O)c2ccc(O)c(Cl)c2)cc1OCCNCCc1ccc(Br)cc1. The Bertz CT molecular complexity index is 1120. The number of phenolic OH excluding ortho intramolecular Hbond substituents is 1. The summed E-state index contributed by atoms with van der Waals surface area (Å²) in [6, 6.07) is 18.2. The first-order chi connectivity index (χ1) is 15.9. The van der Waals surface area contributed by atoms with Crippen LogP contribution in [0.25, 0.3) is 0 Å². The fraction of sp³-hybridized carbons (Fsp3) is 0.200. The highest BCUT2D eigenvalue weighted by atomic mass is 79.9. The van der Waals surface area contributed by atoms with E-state index in [1.54, 1.807) is 6.21 Å². The zero-order valence-corrected chi connectivity index (χ0v) is 20.5. The third-order valence-corrected chi connectivity index (χ3v) is 5.67. The number of carbonyl (C=O) groups excluding carboxylic acids is 1. The molecule has 0 aromatic heterocycles. The van der Waals surface area contributed by atoms with E-state index in [0.717, 1.165) is 40.9 Å². The van der Waals surface area contributed by atoms with Crippen LogP contribution in [0.5, 0.6) is 11.5 Å². The van der Waals surface area contributed by atoms with Gasteiger partial charge in [-0.25, -0.2) is 5.43 Å². The number of hydrazone groups is 1. The molecule has 1 amide bonds. The predicted octanol–water partition coefficient (Wildman–Crippen LogP) is 5.09. The van der Waals surface area contributed by atoms with Crippen LogP contribution in [-0.2, 0) is 6.42 Å². The molecule has 3 aromatic rings. The second-order valence-corrected chi connectivity index (χ2v) is 8.69. The van der Waals surface area contributed by atoms with Crippen molar-refractivity contribution in [2.75, 3.05) is 19.7 Å². The Hall–Kier alpha value is -2.87. The van der Waals surface area contributed by atoms with Crippen molar-refractivity contribution >= 4 is 39.7 Å². The number of nitrogens with zero attached hydrogens (tertiary/aromatic N) is 1. The minimum absolute atomic E-state index is 0.0799. The lowest BCUT2D eigenvalue weighted by molar-refractivity contribution is 0.0955. The van der Waals surface area contributed by atoms with Gasteiger partial charge in [-0.1, -0.05) is 51.8 Å². The second kappa shape index (κ2) is 12.4. The maximum atomic E-state index is 12.2. The van der Waals surface area contributed by atoms with E-state index in [2.05, 4.69) is 43.9 Å². The van der Waals surface area contributed by atoms with Crippen molar-refractivity contribution in [1.29, 1.82) is 0 Å². The molecule has 0 aliphatic carbocycles. The number of nitrogens with one attached hydrogen (secondary N) is 2. The van der Waals surface area contributed by atoms with Crippen molar-refractivity contribution in [3.63, 3.8) is 0 Å². The van der Waals surface area contributed by atoms with Crippen molar-refractivity contribution in [3.8, 4) is 11.5 Å². The summed E-state index contributed by atoms with van der Waals surface area (Å²) in [6.45, 7) is 4.13. The number of hydrogen-bond donors (Lipinski definition) is 3. The normalized spacial score (nSPS) is 11.0. The lowest BCUT2D eigenvalue weighted by Gasteiger charge is -2.11. The van der Waals surface area contributed by atoms with Crippen molar-refractivity contribution in [2.45, 2.75) is 13.3 Å². The van der Waals surface area contributed by atoms with Crippen molar-refractivity contribution in [2.24, 2.45) is 5.10 Å². The van der Waals surface area contributed by atoms with E-state index >= 15 is 0 Å². The molecule has 3 rings (SSSR count). The lowest BCUT2D eigenvalue weighted by atomic mass is 10.1. The van der Waals surface area contributed by atoms with Gasteiger partial charge in [0.2, 0.25) is 0 Å². The Balaban J connectivity index is 1.44. The number of aromatic hydroxyl groups is 1. The van der Waals surface area contributed by atoms with E-state index in [0.29, 0.717) is 12.2 Å². The number of aryl methyl sites for hydroxylation is 1. The fourth-order valence-corrected chi connectivity index (χ4v) is 3.42. The highest BCUT2D eigenvalue weighted by Gasteiger charge is 2.07. The molecule has 33 heavy (non-hydrogen) atoms. The summed E-state index contributed by atoms with van der Waals surface area (Å²) < 4.78 is 6.99. The molecule has 0 atom stereocenters. The third-order valence-electron chi connectivity index (χ3n) is 4.84. The van der Waals surface area contributed by atoms with Gasteiger partial charge in [0.15, 0.2) is 0 Å². The smallest absolute Gasteiger partial charge is 0.271 e. The average molecular weight is 531 g/mol. The van der Waals surface area contributed by atoms with Crippen LogP contribution >= 0.6 is 27.5 Å². The van der Waals surface area contributed by atoms with E-state index in [9.17, 15) is 9.90 Å². The molecule has 3 N–H and O–H groups in total. The van der Waals surface area contributed by atoms with Gasteiger partial charge in [-0.05, 0) is 73.0 Å². The Kier molecular flexibility index (Phi) is 9.30. The van der Waals surface area contributed by atoms with Crippen molar-refractivity contribution in [3.05, 3.63) is 92.4 Å². The highest BCUT2D eigenvalue weighted by Crippen LogP contribution is 2.23. The number of benzene rings is 3. The third kappa shape index (κ3) is 7.89. The first kappa shape index (κ1) is 24.8. The summed E-state index contributed by atoms with van der Waals surface area (Å²) in [4.78, 5) is 12.2. The molecule has 0 saturated heterocycles. The Morgan fingerprint density at radius 1 is 1.12 bits per heavy atom. The number of ether oxygens (including phenoxy) is 1. The van der Waals surface area contributed by atoms with Gasteiger partial charge < -0.3 is 15.2 Å². The van der Waals surface area contributed by atoms with Gasteiger partial charge in [-0.3, -0.25) is 4.79 Å². The molecule has 172 valence electrons. The average Bonchev–Trinajstić information content (AvgIpc) is 2.80. The first-order valence-electron chi connectivity index (χ1n) is 10.4. The quantitative estimate of drug-likeness (QED) is 0.194. The van der Waals surface area contributed by atoms with Crippen LogP contribution in [0.4, 0.5) is 0 Å². The van der Waals surface area contributed by atoms with Crippen LogP contribution in [0, 0.1) is 6.92 Å². The zero-order chi connectivity index (χ0) is 23.6. The number of amides is 1. The van der Waals surface area contributed by atoms with Gasteiger partial charge in [-0.2, -0.15) is 5.10 Å². The second-order valence-electron chi connectivity index (χ2n) is 7.37. The van der Waals surface area contributed by atoms with E-state index in [1.165, 1.54) is 23.8 Å². The Morgan fingerprint density at radius 2 is 1.91 bits per heavy atom. The molecule has 0 unspecified atom stereocenters. The van der Waals surface area contributed by atoms with Gasteiger partial charge in [0.1, 0.15) is 18.1 Å². The lowest BCUT2D eigenvalue weighted by Crippen LogP contribution is -2.23. The molecule has 0 spiro atoms. The number of carbonyl (C=O) groups is 1. The van der Waals surface area contributed by atoms with E-state index in [4.69, 9.17) is 16.3 Å². The number of halogens is 2. The monoisotopic (exact) mass is 529 g/mol. The summed E-state index contributed by atoms with van der Waals surface area (Å²) >= 11 is 9.28. The maximum Gasteiger partial charge on any atom is 0.271 e. The van der Waals surface area contributed by atoms with Crippen LogP contribution in [0.2, 0.25) is 5.02 Å². The van der Waals surface area contributed by atoms with Gasteiger partial charge in [0, 0.05) is 16.6 Å². The maximum absolute atomic E-state index is 12.2. The summed E-state index contributed by atoms with van der Waals surface area (Å²) in [5.74, 6) is 0.264. The van der Waals surface area contributed by atoms with Crippen molar-refractivity contribution in [1.82, 2.24) is 10.7 Å². The van der Waals surface area contributed by atoms with Crippen LogP contribution in [0.3, 0.4) is 0 Å². The summed E-state index contributed by atoms with van der Waals surface area (Å²) in [5, 5.41) is 16.9. The molecule has 0 bridgehead atoms. The molecule has 6 nitrogen and oxygen atoms in total. The molecule has 0 heterocycles. The molecule has 0 aliphatic rings. The zero-order valence-electron chi connectivity index (χ0n) is 18.1. The minimum Gasteiger partial charge on any atom is -0.506 e. The van der Waals surface area contributed by atoms with E-state index in [-0.39, 0.29) is 10.8 Å². The van der Waals surface area contributed by atoms with Crippen LogP contribution in [0.1, 0.15) is 27.0 Å². The Morgan fingerprint density at radius 3 is 2.67 bits per heavy atom. The molecule has 0 fully saturated rings. The molecular formula is C25H25BrClN3O3. The summed E-state index contributed by atoms with van der Waals surface area (Å²) in [5.41, 5.74) is 5.85. The van der Waals surface area contributed by atoms with Gasteiger partial charge >= 0.3 is 0 Å². The molecular weight excluding hydrogens is 506 g/mol. The molecule has 3 aromatic carbocycles. The number of hydrogen-bond acceptors (Lipinski definition) is 5. The standard InChI is InChI=1S/C25H25BrClN3O3/c1-17-2-3-19(16-29-30-25(32)20-6-9-23(31)22(27)15-20)14-24(17)33-13-12-28-11-10-18-4-7-21(26)8-5-18/h2-9,14-16,28,31H,10-13H2,1H3,(H,30,32)/b29-16+. The fourth-order valence-electron chi connectivity index (χ4n) is 2.97. The largest absolute Gasteiger partial charge is 0.506 e. The minimum atomic E-state index is -0.425. The predicted molar refractivity (Wildman–Crippen MR) is 136 cm³/mol. The number of rotatable bonds is 10. The van der Waals surface area contributed by atoms with Gasteiger partial charge in [0.25, 0.3) is 5.91 Å².